The highest BCUT2D eigenvalue weighted by Gasteiger charge is 2.12. The third kappa shape index (κ3) is 4.52. The van der Waals surface area contributed by atoms with Crippen LogP contribution >= 0.6 is 0 Å². The molecule has 0 unspecified atom stereocenters. The number of ether oxygens (including phenoxy) is 3. The SMILES string of the molecule is COc1ccc(C(=O)Oc2ccc(C(=O)Oc3ccccc3C)cc2)cc1. The first-order chi connectivity index (χ1) is 13.1. The van der Waals surface area contributed by atoms with E-state index in [9.17, 15) is 9.59 Å². The number of rotatable bonds is 5. The third-order valence-electron chi connectivity index (χ3n) is 3.92. The van der Waals surface area contributed by atoms with Crippen molar-refractivity contribution in [2.45, 2.75) is 6.92 Å². The van der Waals surface area contributed by atoms with E-state index in [0.29, 0.717) is 28.4 Å². The molecule has 0 amide bonds. The fraction of sp³-hybridized carbons (Fsp3) is 0.0909. The molecule has 0 aliphatic rings. The molecule has 5 heteroatoms. The minimum absolute atomic E-state index is 0.336. The number of para-hydroxylation sites is 1. The molecule has 0 saturated heterocycles. The summed E-state index contributed by atoms with van der Waals surface area (Å²) < 4.78 is 15.8. The highest BCUT2D eigenvalue weighted by molar-refractivity contribution is 5.92. The van der Waals surface area contributed by atoms with Crippen LogP contribution in [0.1, 0.15) is 26.3 Å². The molecule has 0 atom stereocenters. The summed E-state index contributed by atoms with van der Waals surface area (Å²) in [6.07, 6.45) is 0. The first kappa shape index (κ1) is 18.2. The van der Waals surface area contributed by atoms with E-state index in [-0.39, 0.29) is 0 Å². The molecule has 0 bridgehead atoms. The van der Waals surface area contributed by atoms with E-state index in [1.165, 1.54) is 0 Å². The van der Waals surface area contributed by atoms with Crippen LogP contribution in [0, 0.1) is 6.92 Å². The fourth-order valence-corrected chi connectivity index (χ4v) is 2.38. The zero-order valence-corrected chi connectivity index (χ0v) is 15.0. The van der Waals surface area contributed by atoms with Crippen LogP contribution in [0.2, 0.25) is 0 Å². The monoisotopic (exact) mass is 362 g/mol. The molecule has 0 aliphatic heterocycles. The molecule has 0 aromatic heterocycles. The highest BCUT2D eigenvalue weighted by atomic mass is 16.5. The number of aryl methyl sites for hydroxylation is 1. The van der Waals surface area contributed by atoms with Crippen molar-refractivity contribution < 1.29 is 23.8 Å². The Morgan fingerprint density at radius 1 is 0.667 bits per heavy atom. The number of benzene rings is 3. The van der Waals surface area contributed by atoms with Gasteiger partial charge in [-0.25, -0.2) is 9.59 Å². The fourth-order valence-electron chi connectivity index (χ4n) is 2.38. The Morgan fingerprint density at radius 3 is 1.74 bits per heavy atom. The Labute approximate surface area is 157 Å². The zero-order valence-electron chi connectivity index (χ0n) is 15.0. The molecule has 0 saturated carbocycles. The van der Waals surface area contributed by atoms with E-state index in [4.69, 9.17) is 14.2 Å². The van der Waals surface area contributed by atoms with Gasteiger partial charge in [-0.1, -0.05) is 18.2 Å². The maximum absolute atomic E-state index is 12.2. The summed E-state index contributed by atoms with van der Waals surface area (Å²) in [5.41, 5.74) is 1.64. The van der Waals surface area contributed by atoms with Gasteiger partial charge in [-0.15, -0.1) is 0 Å². The molecule has 0 aliphatic carbocycles. The Morgan fingerprint density at radius 2 is 1.19 bits per heavy atom. The Kier molecular flexibility index (Phi) is 5.52. The lowest BCUT2D eigenvalue weighted by Gasteiger charge is -2.08. The maximum Gasteiger partial charge on any atom is 0.343 e. The average Bonchev–Trinajstić information content (AvgIpc) is 2.70. The van der Waals surface area contributed by atoms with Crippen LogP contribution in [-0.4, -0.2) is 19.0 Å². The zero-order chi connectivity index (χ0) is 19.2. The standard InChI is InChI=1S/C22H18O5/c1-15-5-3-4-6-20(15)27-22(24)17-9-13-19(14-10-17)26-21(23)16-7-11-18(25-2)12-8-16/h3-14H,1-2H3. The lowest BCUT2D eigenvalue weighted by atomic mass is 10.2. The van der Waals surface area contributed by atoms with Gasteiger partial charge in [0.1, 0.15) is 17.2 Å². The van der Waals surface area contributed by atoms with Crippen molar-refractivity contribution in [2.75, 3.05) is 7.11 Å². The van der Waals surface area contributed by atoms with Crippen LogP contribution in [0.15, 0.2) is 72.8 Å². The van der Waals surface area contributed by atoms with Crippen molar-refractivity contribution in [1.29, 1.82) is 0 Å². The summed E-state index contributed by atoms with van der Waals surface area (Å²) in [4.78, 5) is 24.4. The predicted molar refractivity (Wildman–Crippen MR) is 101 cm³/mol. The predicted octanol–water partition coefficient (Wildman–Crippen LogP) is 4.44. The minimum Gasteiger partial charge on any atom is -0.497 e. The van der Waals surface area contributed by atoms with Gasteiger partial charge < -0.3 is 14.2 Å². The van der Waals surface area contributed by atoms with Gasteiger partial charge >= 0.3 is 11.9 Å². The summed E-state index contributed by atoms with van der Waals surface area (Å²) >= 11 is 0. The Bertz CT molecular complexity index is 943. The van der Waals surface area contributed by atoms with Crippen molar-refractivity contribution in [3.8, 4) is 17.2 Å². The number of esters is 2. The topological polar surface area (TPSA) is 61.8 Å². The number of carbonyl (C=O) groups excluding carboxylic acids is 2. The van der Waals surface area contributed by atoms with Gasteiger partial charge in [0, 0.05) is 0 Å². The molecular formula is C22H18O5. The second-order valence-corrected chi connectivity index (χ2v) is 5.80. The summed E-state index contributed by atoms with van der Waals surface area (Å²) in [7, 11) is 1.55. The van der Waals surface area contributed by atoms with Gasteiger partial charge in [0.25, 0.3) is 0 Å². The van der Waals surface area contributed by atoms with Crippen molar-refractivity contribution in [3.63, 3.8) is 0 Å². The van der Waals surface area contributed by atoms with Crippen molar-refractivity contribution in [3.05, 3.63) is 89.5 Å². The molecule has 0 heterocycles. The lowest BCUT2D eigenvalue weighted by molar-refractivity contribution is 0.0729. The van der Waals surface area contributed by atoms with E-state index in [1.807, 2.05) is 19.1 Å². The molecule has 3 aromatic rings. The van der Waals surface area contributed by atoms with Crippen molar-refractivity contribution >= 4 is 11.9 Å². The second-order valence-electron chi connectivity index (χ2n) is 5.80. The molecule has 0 radical (unpaired) electrons. The number of carbonyl (C=O) groups is 2. The number of methoxy groups -OCH3 is 1. The molecule has 0 fully saturated rings. The molecule has 27 heavy (non-hydrogen) atoms. The summed E-state index contributed by atoms with van der Waals surface area (Å²) in [5, 5.41) is 0. The summed E-state index contributed by atoms with van der Waals surface area (Å²) in [6.45, 7) is 1.87. The van der Waals surface area contributed by atoms with Crippen LogP contribution in [0.5, 0.6) is 17.2 Å². The molecule has 5 nitrogen and oxygen atoms in total. The van der Waals surface area contributed by atoms with Gasteiger partial charge in [-0.05, 0) is 67.1 Å². The van der Waals surface area contributed by atoms with Crippen molar-refractivity contribution in [2.24, 2.45) is 0 Å². The highest BCUT2D eigenvalue weighted by Crippen LogP contribution is 2.20. The smallest absolute Gasteiger partial charge is 0.343 e. The van der Waals surface area contributed by atoms with Crippen LogP contribution in [-0.2, 0) is 0 Å². The number of hydrogen-bond donors (Lipinski definition) is 0. The molecular weight excluding hydrogens is 344 g/mol. The molecule has 3 rings (SSSR count). The van der Waals surface area contributed by atoms with Crippen LogP contribution in [0.3, 0.4) is 0 Å². The summed E-state index contributed by atoms with van der Waals surface area (Å²) in [6, 6.07) is 20.1. The Hall–Kier alpha value is -3.60. The van der Waals surface area contributed by atoms with Crippen LogP contribution in [0.4, 0.5) is 0 Å². The van der Waals surface area contributed by atoms with Gasteiger partial charge in [-0.3, -0.25) is 0 Å². The largest absolute Gasteiger partial charge is 0.497 e. The number of hydrogen-bond acceptors (Lipinski definition) is 5. The molecule has 0 N–H and O–H groups in total. The summed E-state index contributed by atoms with van der Waals surface area (Å²) in [5.74, 6) is 0.536. The Balaban J connectivity index is 1.65. The van der Waals surface area contributed by atoms with E-state index in [2.05, 4.69) is 0 Å². The van der Waals surface area contributed by atoms with Crippen molar-refractivity contribution in [1.82, 2.24) is 0 Å². The quantitative estimate of drug-likeness (QED) is 0.496. The van der Waals surface area contributed by atoms with Gasteiger partial charge in [0.05, 0.1) is 18.2 Å². The van der Waals surface area contributed by atoms with Crippen LogP contribution < -0.4 is 14.2 Å². The van der Waals surface area contributed by atoms with Gasteiger partial charge in [0.2, 0.25) is 0 Å². The van der Waals surface area contributed by atoms with E-state index < -0.39 is 11.9 Å². The van der Waals surface area contributed by atoms with E-state index >= 15 is 0 Å². The minimum atomic E-state index is -0.493. The first-order valence-electron chi connectivity index (χ1n) is 8.31. The normalized spacial score (nSPS) is 10.1. The molecule has 3 aromatic carbocycles. The molecule has 0 spiro atoms. The van der Waals surface area contributed by atoms with Gasteiger partial charge in [0.15, 0.2) is 0 Å². The van der Waals surface area contributed by atoms with E-state index in [1.54, 1.807) is 67.8 Å². The second kappa shape index (κ2) is 8.19. The first-order valence-corrected chi connectivity index (χ1v) is 8.31. The average molecular weight is 362 g/mol. The maximum atomic E-state index is 12.2. The third-order valence-corrected chi connectivity index (χ3v) is 3.92. The lowest BCUT2D eigenvalue weighted by Crippen LogP contribution is -2.10. The van der Waals surface area contributed by atoms with E-state index in [0.717, 1.165) is 5.56 Å². The molecule has 136 valence electrons. The van der Waals surface area contributed by atoms with Gasteiger partial charge in [-0.2, -0.15) is 0 Å². The van der Waals surface area contributed by atoms with Crippen LogP contribution in [0.25, 0.3) is 0 Å².